The highest BCUT2D eigenvalue weighted by Crippen LogP contribution is 2.49. The number of fused-ring (bicyclic) bond motifs is 1. The predicted molar refractivity (Wildman–Crippen MR) is 157 cm³/mol. The van der Waals surface area contributed by atoms with Gasteiger partial charge in [-0.05, 0) is 108 Å². The van der Waals surface area contributed by atoms with Gasteiger partial charge in [-0.2, -0.15) is 0 Å². The summed E-state index contributed by atoms with van der Waals surface area (Å²) in [5.41, 5.74) is 5.66. The van der Waals surface area contributed by atoms with Crippen LogP contribution >= 0.6 is 0 Å². The molecule has 1 unspecified atom stereocenters. The van der Waals surface area contributed by atoms with E-state index in [4.69, 9.17) is 14.2 Å². The SMILES string of the molecule is Oc1ccc(/C(=C(\c2ccc3c(c2)OCO3)C2CC2)c2ccc(OCC(O)CNCC3CCCCC3)cc2)cc1. The Labute approximate surface area is 236 Å². The lowest BCUT2D eigenvalue weighted by Crippen LogP contribution is -2.34. The third-order valence-corrected chi connectivity index (χ3v) is 8.22. The van der Waals surface area contributed by atoms with E-state index < -0.39 is 6.10 Å². The lowest BCUT2D eigenvalue weighted by molar-refractivity contribution is 0.105. The fraction of sp³-hybridized carbons (Fsp3) is 0.412. The van der Waals surface area contributed by atoms with Crippen molar-refractivity contribution in [2.24, 2.45) is 11.8 Å². The monoisotopic (exact) mass is 541 g/mol. The summed E-state index contributed by atoms with van der Waals surface area (Å²) >= 11 is 0. The van der Waals surface area contributed by atoms with Gasteiger partial charge in [-0.3, -0.25) is 0 Å². The molecule has 2 aliphatic carbocycles. The van der Waals surface area contributed by atoms with Crippen molar-refractivity contribution in [3.05, 3.63) is 83.4 Å². The summed E-state index contributed by atoms with van der Waals surface area (Å²) in [4.78, 5) is 0. The normalized spacial score (nSPS) is 18.3. The second kappa shape index (κ2) is 12.4. The van der Waals surface area contributed by atoms with Gasteiger partial charge in [-0.1, -0.05) is 49.6 Å². The summed E-state index contributed by atoms with van der Waals surface area (Å²) in [6, 6.07) is 21.7. The molecule has 1 aliphatic heterocycles. The van der Waals surface area contributed by atoms with Crippen molar-refractivity contribution in [3.8, 4) is 23.0 Å². The van der Waals surface area contributed by atoms with E-state index in [1.165, 1.54) is 37.7 Å². The summed E-state index contributed by atoms with van der Waals surface area (Å²) in [7, 11) is 0. The molecule has 0 amide bonds. The van der Waals surface area contributed by atoms with E-state index in [9.17, 15) is 10.2 Å². The molecule has 3 aromatic carbocycles. The van der Waals surface area contributed by atoms with Crippen molar-refractivity contribution in [1.82, 2.24) is 5.32 Å². The van der Waals surface area contributed by atoms with Crippen LogP contribution in [0.1, 0.15) is 61.6 Å². The minimum Gasteiger partial charge on any atom is -0.508 e. The molecule has 3 aromatic rings. The van der Waals surface area contributed by atoms with Crippen LogP contribution < -0.4 is 19.5 Å². The first-order valence-corrected chi connectivity index (χ1v) is 14.7. The van der Waals surface area contributed by atoms with E-state index in [1.54, 1.807) is 12.1 Å². The number of phenolic OH excluding ortho intramolecular Hbond substituents is 1. The minimum absolute atomic E-state index is 0.245. The van der Waals surface area contributed by atoms with E-state index in [0.29, 0.717) is 12.5 Å². The molecule has 2 saturated carbocycles. The van der Waals surface area contributed by atoms with Crippen molar-refractivity contribution >= 4 is 11.1 Å². The summed E-state index contributed by atoms with van der Waals surface area (Å²) < 4.78 is 17.2. The second-order valence-electron chi connectivity index (χ2n) is 11.3. The average Bonchev–Trinajstić information content (AvgIpc) is 3.71. The fourth-order valence-corrected chi connectivity index (χ4v) is 5.94. The molecular weight excluding hydrogens is 502 g/mol. The number of hydrogen-bond donors (Lipinski definition) is 3. The molecule has 0 saturated heterocycles. The molecule has 0 spiro atoms. The number of benzene rings is 3. The van der Waals surface area contributed by atoms with Gasteiger partial charge in [0.2, 0.25) is 6.79 Å². The number of aliphatic hydroxyl groups is 1. The highest BCUT2D eigenvalue weighted by atomic mass is 16.7. The maximum Gasteiger partial charge on any atom is 0.231 e. The van der Waals surface area contributed by atoms with Crippen LogP contribution in [0.5, 0.6) is 23.0 Å². The third-order valence-electron chi connectivity index (χ3n) is 8.22. The van der Waals surface area contributed by atoms with Gasteiger partial charge >= 0.3 is 0 Å². The number of ether oxygens (including phenoxy) is 3. The highest BCUT2D eigenvalue weighted by molar-refractivity contribution is 6.00. The van der Waals surface area contributed by atoms with Crippen LogP contribution in [0.15, 0.2) is 66.7 Å². The zero-order chi connectivity index (χ0) is 27.3. The zero-order valence-electron chi connectivity index (χ0n) is 23.0. The molecule has 6 heteroatoms. The van der Waals surface area contributed by atoms with Crippen molar-refractivity contribution < 1.29 is 24.4 Å². The molecular formula is C34H39NO5. The summed E-state index contributed by atoms with van der Waals surface area (Å²) in [5.74, 6) is 3.72. The lowest BCUT2D eigenvalue weighted by Gasteiger charge is -2.22. The molecule has 6 rings (SSSR count). The van der Waals surface area contributed by atoms with E-state index in [-0.39, 0.29) is 19.1 Å². The van der Waals surface area contributed by atoms with Gasteiger partial charge < -0.3 is 29.7 Å². The van der Waals surface area contributed by atoms with Gasteiger partial charge in [0.1, 0.15) is 24.2 Å². The Hall–Kier alpha value is -3.48. The van der Waals surface area contributed by atoms with Crippen molar-refractivity contribution in [2.75, 3.05) is 26.5 Å². The average molecular weight is 542 g/mol. The smallest absolute Gasteiger partial charge is 0.231 e. The molecule has 3 aliphatic rings. The Balaban J connectivity index is 1.20. The number of phenols is 1. The molecule has 3 N–H and O–H groups in total. The van der Waals surface area contributed by atoms with Crippen LogP contribution in [0, 0.1) is 11.8 Å². The molecule has 0 bridgehead atoms. The number of allylic oxidation sites excluding steroid dienone is 1. The molecule has 210 valence electrons. The number of nitrogens with one attached hydrogen (secondary N) is 1. The summed E-state index contributed by atoms with van der Waals surface area (Å²) in [6.45, 7) is 2.02. The first-order chi connectivity index (χ1) is 19.6. The van der Waals surface area contributed by atoms with Crippen LogP contribution in [-0.4, -0.2) is 42.8 Å². The Morgan fingerprint density at radius 3 is 2.23 bits per heavy atom. The topological polar surface area (TPSA) is 80.2 Å². The highest BCUT2D eigenvalue weighted by Gasteiger charge is 2.31. The zero-order valence-corrected chi connectivity index (χ0v) is 23.0. The molecule has 0 radical (unpaired) electrons. The Kier molecular flexibility index (Phi) is 8.26. The van der Waals surface area contributed by atoms with E-state index >= 15 is 0 Å². The van der Waals surface area contributed by atoms with Gasteiger partial charge in [0.25, 0.3) is 0 Å². The van der Waals surface area contributed by atoms with Crippen LogP contribution in [0.2, 0.25) is 0 Å². The molecule has 40 heavy (non-hydrogen) atoms. The molecule has 6 nitrogen and oxygen atoms in total. The van der Waals surface area contributed by atoms with Crippen LogP contribution in [0.4, 0.5) is 0 Å². The number of aliphatic hydroxyl groups excluding tert-OH is 1. The standard InChI is InChI=1S/C34H39NO5/c36-28-13-8-25(9-14-28)33(34(24-6-7-24)27-12-17-31-32(18-27)40-22-39-31)26-10-15-30(16-11-26)38-21-29(37)20-35-19-23-4-2-1-3-5-23/h8-18,23-24,29,35-37H,1-7,19-22H2/b34-33+. The van der Waals surface area contributed by atoms with Crippen LogP contribution in [0.25, 0.3) is 11.1 Å². The first kappa shape index (κ1) is 26.7. The number of rotatable bonds is 11. The fourth-order valence-electron chi connectivity index (χ4n) is 5.94. The molecule has 1 atom stereocenters. The van der Waals surface area contributed by atoms with E-state index in [0.717, 1.165) is 64.8 Å². The van der Waals surface area contributed by atoms with Gasteiger partial charge in [-0.15, -0.1) is 0 Å². The Morgan fingerprint density at radius 1 is 0.825 bits per heavy atom. The molecule has 1 heterocycles. The van der Waals surface area contributed by atoms with Crippen molar-refractivity contribution in [1.29, 1.82) is 0 Å². The maximum absolute atomic E-state index is 10.5. The first-order valence-electron chi connectivity index (χ1n) is 14.7. The quantitative estimate of drug-likeness (QED) is 0.244. The maximum atomic E-state index is 10.5. The molecule has 0 aromatic heterocycles. The third kappa shape index (κ3) is 6.45. The van der Waals surface area contributed by atoms with Crippen molar-refractivity contribution in [3.63, 3.8) is 0 Å². The van der Waals surface area contributed by atoms with E-state index in [1.807, 2.05) is 30.3 Å². The lowest BCUT2D eigenvalue weighted by atomic mass is 9.87. The number of aromatic hydroxyl groups is 1. The van der Waals surface area contributed by atoms with Gasteiger partial charge in [0.05, 0.1) is 0 Å². The second-order valence-corrected chi connectivity index (χ2v) is 11.3. The predicted octanol–water partition coefficient (Wildman–Crippen LogP) is 6.40. The van der Waals surface area contributed by atoms with Gasteiger partial charge in [0.15, 0.2) is 11.5 Å². The molecule has 2 fully saturated rings. The van der Waals surface area contributed by atoms with Gasteiger partial charge in [0, 0.05) is 6.54 Å². The summed E-state index contributed by atoms with van der Waals surface area (Å²) in [6.07, 6.45) is 8.33. The van der Waals surface area contributed by atoms with Gasteiger partial charge in [-0.25, -0.2) is 0 Å². The van der Waals surface area contributed by atoms with E-state index in [2.05, 4.69) is 29.6 Å². The van der Waals surface area contributed by atoms with Crippen molar-refractivity contribution in [2.45, 2.75) is 51.0 Å². The largest absolute Gasteiger partial charge is 0.508 e. The Morgan fingerprint density at radius 2 is 1.50 bits per heavy atom. The minimum atomic E-state index is -0.553. The summed E-state index contributed by atoms with van der Waals surface area (Å²) in [5, 5.41) is 23.8. The van der Waals surface area contributed by atoms with Crippen LogP contribution in [-0.2, 0) is 0 Å². The Bertz CT molecular complexity index is 1310. The number of hydrogen-bond acceptors (Lipinski definition) is 6. The van der Waals surface area contributed by atoms with Crippen LogP contribution in [0.3, 0.4) is 0 Å².